The molecule has 1 unspecified atom stereocenters. The molecule has 7 fully saturated rings. The summed E-state index contributed by atoms with van der Waals surface area (Å²) < 4.78 is 25.4. The molecule has 14 atom stereocenters. The van der Waals surface area contributed by atoms with Crippen LogP contribution in [0.1, 0.15) is 86.5 Å². The van der Waals surface area contributed by atoms with E-state index in [1.54, 1.807) is 0 Å². The van der Waals surface area contributed by atoms with E-state index in [2.05, 4.69) is 27.7 Å². The summed E-state index contributed by atoms with van der Waals surface area (Å²) >= 11 is 0. The van der Waals surface area contributed by atoms with Crippen molar-refractivity contribution in [2.45, 2.75) is 128 Å². The Morgan fingerprint density at radius 3 is 2.42 bits per heavy atom. The molecule has 0 aromatic carbocycles. The van der Waals surface area contributed by atoms with Gasteiger partial charge in [-0.1, -0.05) is 13.8 Å². The molecule has 7 aliphatic rings. The highest BCUT2D eigenvalue weighted by Crippen LogP contribution is 2.76. The Hall–Kier alpha value is -1.22. The first-order valence-corrected chi connectivity index (χ1v) is 14.8. The molecule has 8 heteroatoms. The van der Waals surface area contributed by atoms with E-state index < -0.39 is 35.1 Å². The molecule has 4 aliphatic carbocycles. The van der Waals surface area contributed by atoms with Crippen LogP contribution < -0.4 is 0 Å². The molecule has 2 spiro atoms. The summed E-state index contributed by atoms with van der Waals surface area (Å²) in [5.41, 5.74) is -2.31. The number of aliphatic hydroxyl groups excluding tert-OH is 2. The second-order valence-electron chi connectivity index (χ2n) is 15.0. The molecular weight excluding hydrogens is 488 g/mol. The van der Waals surface area contributed by atoms with Crippen molar-refractivity contribution in [2.24, 2.45) is 46.3 Å². The van der Waals surface area contributed by atoms with Crippen LogP contribution in [0.25, 0.3) is 0 Å². The molecule has 38 heavy (non-hydrogen) atoms. The third kappa shape index (κ3) is 2.86. The Morgan fingerprint density at radius 1 is 1.03 bits per heavy atom. The van der Waals surface area contributed by atoms with Crippen LogP contribution in [-0.2, 0) is 28.5 Å². The summed E-state index contributed by atoms with van der Waals surface area (Å²) in [5, 5.41) is 22.9. The SMILES string of the molecule is CC(=O)O[C@H]1C[C@@H]2CC[C@@H]3[C@H]([C@@H](O)C[C@]45C(=O)O[C@]6(C)[C@H]4[C@H](C[C@@H]35)O[C@]63CC(C)C(C)(C)O3)[C@@]2(C)C[C@H]1O. The van der Waals surface area contributed by atoms with Crippen molar-refractivity contribution in [1.82, 2.24) is 0 Å². The zero-order valence-electron chi connectivity index (χ0n) is 23.6. The van der Waals surface area contributed by atoms with E-state index >= 15 is 0 Å². The van der Waals surface area contributed by atoms with Gasteiger partial charge in [-0.3, -0.25) is 9.59 Å². The predicted molar refractivity (Wildman–Crippen MR) is 134 cm³/mol. The molecule has 7 rings (SSSR count). The van der Waals surface area contributed by atoms with E-state index in [0.717, 1.165) is 19.3 Å². The summed E-state index contributed by atoms with van der Waals surface area (Å²) in [5.74, 6) is -0.925. The highest BCUT2D eigenvalue weighted by molar-refractivity contribution is 5.83. The molecule has 0 aromatic rings. The van der Waals surface area contributed by atoms with Gasteiger partial charge in [0.15, 0.2) is 5.60 Å². The van der Waals surface area contributed by atoms with E-state index in [0.29, 0.717) is 25.7 Å². The van der Waals surface area contributed by atoms with Gasteiger partial charge in [0.25, 0.3) is 0 Å². The first kappa shape index (κ1) is 25.7. The zero-order chi connectivity index (χ0) is 27.2. The molecule has 0 radical (unpaired) electrons. The molecule has 4 saturated carbocycles. The largest absolute Gasteiger partial charge is 0.460 e. The molecular formula is C30H44O8. The van der Waals surface area contributed by atoms with Gasteiger partial charge in [0.1, 0.15) is 6.10 Å². The average molecular weight is 533 g/mol. The maximum absolute atomic E-state index is 14.0. The molecule has 2 N–H and O–H groups in total. The summed E-state index contributed by atoms with van der Waals surface area (Å²) in [6.45, 7) is 11.9. The third-order valence-corrected chi connectivity index (χ3v) is 13.0. The summed E-state index contributed by atoms with van der Waals surface area (Å²) in [4.78, 5) is 25.7. The average Bonchev–Trinajstić information content (AvgIpc) is 3.40. The Morgan fingerprint density at radius 2 is 1.76 bits per heavy atom. The smallest absolute Gasteiger partial charge is 0.313 e. The van der Waals surface area contributed by atoms with Crippen LogP contribution >= 0.6 is 0 Å². The van der Waals surface area contributed by atoms with Crippen LogP contribution in [0.5, 0.6) is 0 Å². The van der Waals surface area contributed by atoms with E-state index in [1.807, 2.05) is 6.92 Å². The number of carbonyl (C=O) groups excluding carboxylic acids is 2. The maximum atomic E-state index is 14.0. The number of ether oxygens (including phenoxy) is 4. The zero-order valence-corrected chi connectivity index (χ0v) is 23.6. The standard InChI is InChI=1S/C30H44O8/c1-14-11-30(38-26(14,3)4)28(6)24-22(36-30)10-18-17-8-7-16-9-21(35-15(2)31)19(32)12-27(16,5)23(17)20(33)13-29(18,24)25(34)37-28/h14,16-24,32-33H,7-13H2,1-6H3/t14?,16-,17-,18-,19+,20-,21-,22-,23+,24+,27-,28+,29+,30-/m0/s1. The minimum Gasteiger partial charge on any atom is -0.460 e. The van der Waals surface area contributed by atoms with Gasteiger partial charge < -0.3 is 29.2 Å². The van der Waals surface area contributed by atoms with Gasteiger partial charge in [0, 0.05) is 19.3 Å². The quantitative estimate of drug-likeness (QED) is 0.495. The first-order chi connectivity index (χ1) is 17.7. The third-order valence-electron chi connectivity index (χ3n) is 13.0. The Kier molecular flexibility index (Phi) is 5.10. The fourth-order valence-electron chi connectivity index (χ4n) is 11.3. The van der Waals surface area contributed by atoms with E-state index in [-0.39, 0.29) is 64.6 Å². The molecule has 3 saturated heterocycles. The molecule has 212 valence electrons. The fourth-order valence-corrected chi connectivity index (χ4v) is 11.3. The molecule has 3 heterocycles. The van der Waals surface area contributed by atoms with Crippen LogP contribution in [0, 0.1) is 46.3 Å². The minimum absolute atomic E-state index is 0.0288. The lowest BCUT2D eigenvalue weighted by atomic mass is 9.43. The highest BCUT2D eigenvalue weighted by atomic mass is 16.8. The predicted octanol–water partition coefficient (Wildman–Crippen LogP) is 3.35. The lowest BCUT2D eigenvalue weighted by molar-refractivity contribution is -0.291. The fraction of sp³-hybridized carbons (Fsp3) is 0.933. The van der Waals surface area contributed by atoms with Crippen molar-refractivity contribution >= 4 is 11.9 Å². The van der Waals surface area contributed by atoms with E-state index in [1.165, 1.54) is 6.92 Å². The van der Waals surface area contributed by atoms with Crippen LogP contribution in [-0.4, -0.2) is 63.6 Å². The van der Waals surface area contributed by atoms with Crippen LogP contribution in [0.3, 0.4) is 0 Å². The van der Waals surface area contributed by atoms with Crippen LogP contribution in [0.4, 0.5) is 0 Å². The van der Waals surface area contributed by atoms with Gasteiger partial charge in [-0.25, -0.2) is 0 Å². The normalized spacial score (nSPS) is 59.6. The van der Waals surface area contributed by atoms with Gasteiger partial charge in [-0.2, -0.15) is 0 Å². The lowest BCUT2D eigenvalue weighted by Crippen LogP contribution is -2.62. The Balaban J connectivity index is 1.23. The first-order valence-electron chi connectivity index (χ1n) is 14.8. The molecule has 8 nitrogen and oxygen atoms in total. The minimum atomic E-state index is -0.944. The summed E-state index contributed by atoms with van der Waals surface area (Å²) in [6.07, 6.45) is 2.73. The monoisotopic (exact) mass is 532 g/mol. The number of rotatable bonds is 1. The van der Waals surface area contributed by atoms with Gasteiger partial charge in [0.2, 0.25) is 5.79 Å². The van der Waals surface area contributed by atoms with Gasteiger partial charge >= 0.3 is 11.9 Å². The van der Waals surface area contributed by atoms with Crippen molar-refractivity contribution < 1.29 is 38.7 Å². The van der Waals surface area contributed by atoms with Crippen molar-refractivity contribution in [2.75, 3.05) is 0 Å². The topological polar surface area (TPSA) is 112 Å². The number of esters is 2. The van der Waals surface area contributed by atoms with Crippen molar-refractivity contribution in [3.05, 3.63) is 0 Å². The van der Waals surface area contributed by atoms with Crippen molar-refractivity contribution in [1.29, 1.82) is 0 Å². The van der Waals surface area contributed by atoms with Crippen LogP contribution in [0.2, 0.25) is 0 Å². The second kappa shape index (κ2) is 7.54. The number of hydrogen-bond donors (Lipinski definition) is 2. The highest BCUT2D eigenvalue weighted by Gasteiger charge is 2.85. The lowest BCUT2D eigenvalue weighted by Gasteiger charge is -2.62. The Labute approximate surface area is 225 Å². The number of carbonyl (C=O) groups is 2. The summed E-state index contributed by atoms with van der Waals surface area (Å²) in [6, 6.07) is 0. The molecule has 0 amide bonds. The van der Waals surface area contributed by atoms with Crippen molar-refractivity contribution in [3.8, 4) is 0 Å². The van der Waals surface area contributed by atoms with Crippen LogP contribution in [0.15, 0.2) is 0 Å². The summed E-state index contributed by atoms with van der Waals surface area (Å²) in [7, 11) is 0. The van der Waals surface area contributed by atoms with Gasteiger partial charge in [-0.05, 0) is 94.3 Å². The number of fused-ring (bicyclic) bond motifs is 5. The van der Waals surface area contributed by atoms with Gasteiger partial charge in [-0.15, -0.1) is 0 Å². The Bertz CT molecular complexity index is 1070. The second-order valence-corrected chi connectivity index (χ2v) is 15.0. The molecule has 0 bridgehead atoms. The van der Waals surface area contributed by atoms with Crippen molar-refractivity contribution in [3.63, 3.8) is 0 Å². The number of hydrogen-bond acceptors (Lipinski definition) is 8. The maximum Gasteiger partial charge on any atom is 0.313 e. The molecule has 3 aliphatic heterocycles. The number of aliphatic hydroxyl groups is 2. The van der Waals surface area contributed by atoms with E-state index in [4.69, 9.17) is 18.9 Å². The van der Waals surface area contributed by atoms with E-state index in [9.17, 15) is 19.8 Å². The molecule has 0 aromatic heterocycles. The van der Waals surface area contributed by atoms with Gasteiger partial charge in [0.05, 0.1) is 29.3 Å².